The first kappa shape index (κ1) is 18.3. The van der Waals surface area contributed by atoms with Crippen molar-refractivity contribution < 1.29 is 0 Å². The largest absolute Gasteiger partial charge is 0.354 e. The fourth-order valence-corrected chi connectivity index (χ4v) is 4.91. The lowest BCUT2D eigenvalue weighted by molar-refractivity contribution is 0.119. The van der Waals surface area contributed by atoms with Gasteiger partial charge in [0, 0.05) is 31.1 Å². The molecule has 0 aromatic carbocycles. The van der Waals surface area contributed by atoms with Gasteiger partial charge in [0.05, 0.1) is 0 Å². The maximum absolute atomic E-state index is 8.38. The topological polar surface area (TPSA) is 61.7 Å². The van der Waals surface area contributed by atoms with E-state index in [1.807, 2.05) is 6.07 Å². The Balaban J connectivity index is 1.37. The third kappa shape index (κ3) is 5.52. The van der Waals surface area contributed by atoms with Gasteiger partial charge in [-0.15, -0.1) is 0 Å². The molecule has 3 rings (SSSR count). The standard InChI is InChI=1S/C21H34N4/c1-21(11-8-18(9-12-21)17-6-3-2-4-7-17)16-19(22)10-15-25-20-23-13-5-14-24-20/h5,13-14,17-18,22H,2-4,6-12,15-16H2,1H3,(H,23,24,25). The summed E-state index contributed by atoms with van der Waals surface area (Å²) < 4.78 is 0. The van der Waals surface area contributed by atoms with Gasteiger partial charge in [-0.3, -0.25) is 0 Å². The van der Waals surface area contributed by atoms with Crippen molar-refractivity contribution in [2.45, 2.75) is 77.6 Å². The molecule has 2 aliphatic rings. The highest BCUT2D eigenvalue weighted by Crippen LogP contribution is 2.46. The van der Waals surface area contributed by atoms with Gasteiger partial charge in [-0.05, 0) is 55.4 Å². The van der Waals surface area contributed by atoms with Gasteiger partial charge in [-0.25, -0.2) is 9.97 Å². The summed E-state index contributed by atoms with van der Waals surface area (Å²) in [4.78, 5) is 8.33. The van der Waals surface area contributed by atoms with Crippen molar-refractivity contribution in [1.82, 2.24) is 9.97 Å². The van der Waals surface area contributed by atoms with Crippen LogP contribution in [0.25, 0.3) is 0 Å². The van der Waals surface area contributed by atoms with Crippen molar-refractivity contribution in [2.75, 3.05) is 11.9 Å². The Kier molecular flexibility index (Phi) is 6.44. The van der Waals surface area contributed by atoms with Crippen LogP contribution < -0.4 is 5.32 Å². The van der Waals surface area contributed by atoms with Gasteiger partial charge < -0.3 is 10.7 Å². The van der Waals surface area contributed by atoms with Crippen molar-refractivity contribution in [3.05, 3.63) is 18.5 Å². The summed E-state index contributed by atoms with van der Waals surface area (Å²) in [5.74, 6) is 2.64. The fraction of sp³-hybridized carbons (Fsp3) is 0.762. The van der Waals surface area contributed by atoms with Crippen LogP contribution in [0.15, 0.2) is 18.5 Å². The van der Waals surface area contributed by atoms with Gasteiger partial charge in [0.15, 0.2) is 0 Å². The van der Waals surface area contributed by atoms with E-state index in [1.165, 1.54) is 57.8 Å². The molecule has 1 aromatic rings. The second kappa shape index (κ2) is 8.77. The molecule has 0 unspecified atom stereocenters. The minimum atomic E-state index is 0.353. The van der Waals surface area contributed by atoms with Crippen LogP contribution in [0.4, 0.5) is 5.95 Å². The number of rotatable bonds is 7. The van der Waals surface area contributed by atoms with Gasteiger partial charge in [-0.2, -0.15) is 0 Å². The zero-order valence-electron chi connectivity index (χ0n) is 15.8. The Morgan fingerprint density at radius 3 is 2.40 bits per heavy atom. The van der Waals surface area contributed by atoms with Gasteiger partial charge >= 0.3 is 0 Å². The van der Waals surface area contributed by atoms with Crippen LogP contribution in [0, 0.1) is 22.7 Å². The summed E-state index contributed by atoms with van der Waals surface area (Å²) in [6.07, 6.45) is 18.0. The molecule has 2 aliphatic carbocycles. The number of hydrogen-bond donors (Lipinski definition) is 2. The first-order valence-corrected chi connectivity index (χ1v) is 10.2. The third-order valence-corrected chi connectivity index (χ3v) is 6.47. The van der Waals surface area contributed by atoms with E-state index in [4.69, 9.17) is 5.41 Å². The molecule has 1 heterocycles. The van der Waals surface area contributed by atoms with Gasteiger partial charge in [0.2, 0.25) is 5.95 Å². The Hall–Kier alpha value is -1.45. The highest BCUT2D eigenvalue weighted by atomic mass is 15.1. The van der Waals surface area contributed by atoms with Crippen molar-refractivity contribution >= 4 is 11.7 Å². The first-order valence-electron chi connectivity index (χ1n) is 10.2. The third-order valence-electron chi connectivity index (χ3n) is 6.47. The van der Waals surface area contributed by atoms with Crippen LogP contribution in [0.1, 0.15) is 77.6 Å². The molecule has 0 radical (unpaired) electrons. The van der Waals surface area contributed by atoms with Crippen LogP contribution in [0.3, 0.4) is 0 Å². The first-order chi connectivity index (χ1) is 12.1. The molecule has 2 N–H and O–H groups in total. The smallest absolute Gasteiger partial charge is 0.222 e. The lowest BCUT2D eigenvalue weighted by atomic mass is 9.64. The molecule has 4 heteroatoms. The summed E-state index contributed by atoms with van der Waals surface area (Å²) in [5.41, 5.74) is 1.23. The van der Waals surface area contributed by atoms with E-state index in [0.29, 0.717) is 11.4 Å². The zero-order chi connectivity index (χ0) is 17.5. The normalized spacial score (nSPS) is 27.8. The van der Waals surface area contributed by atoms with Crippen LogP contribution in [0.5, 0.6) is 0 Å². The van der Waals surface area contributed by atoms with Gasteiger partial charge in [0.25, 0.3) is 0 Å². The van der Waals surface area contributed by atoms with E-state index < -0.39 is 0 Å². The summed E-state index contributed by atoms with van der Waals surface area (Å²) in [6.45, 7) is 3.16. The molecule has 4 nitrogen and oxygen atoms in total. The quantitative estimate of drug-likeness (QED) is 0.646. The van der Waals surface area contributed by atoms with Gasteiger partial charge in [0.1, 0.15) is 0 Å². The summed E-state index contributed by atoms with van der Waals surface area (Å²) in [6, 6.07) is 1.82. The average molecular weight is 343 g/mol. The second-order valence-electron chi connectivity index (χ2n) is 8.58. The Bertz CT molecular complexity index is 528. The highest BCUT2D eigenvalue weighted by molar-refractivity contribution is 5.82. The van der Waals surface area contributed by atoms with E-state index in [2.05, 4.69) is 22.2 Å². The van der Waals surface area contributed by atoms with Crippen LogP contribution in [-0.2, 0) is 0 Å². The number of aromatic nitrogens is 2. The van der Waals surface area contributed by atoms with Crippen LogP contribution in [-0.4, -0.2) is 22.2 Å². The fourth-order valence-electron chi connectivity index (χ4n) is 4.91. The molecule has 0 atom stereocenters. The molecule has 0 bridgehead atoms. The van der Waals surface area contributed by atoms with E-state index in [0.717, 1.165) is 36.9 Å². The lowest BCUT2D eigenvalue weighted by Crippen LogP contribution is -2.31. The predicted octanol–water partition coefficient (Wildman–Crippen LogP) is 5.47. The SMILES string of the molecule is CC1(CC(=N)CCNc2ncccn2)CCC(C2CCCCC2)CC1. The number of anilines is 1. The Labute approximate surface area is 152 Å². The predicted molar refractivity (Wildman–Crippen MR) is 104 cm³/mol. The number of nitrogens with one attached hydrogen (secondary N) is 2. The second-order valence-corrected chi connectivity index (χ2v) is 8.58. The van der Waals surface area contributed by atoms with Crippen molar-refractivity contribution in [3.8, 4) is 0 Å². The minimum Gasteiger partial charge on any atom is -0.354 e. The Morgan fingerprint density at radius 2 is 1.72 bits per heavy atom. The monoisotopic (exact) mass is 342 g/mol. The summed E-state index contributed by atoms with van der Waals surface area (Å²) in [7, 11) is 0. The molecule has 2 saturated carbocycles. The van der Waals surface area contributed by atoms with Crippen LogP contribution >= 0.6 is 0 Å². The zero-order valence-corrected chi connectivity index (χ0v) is 15.8. The maximum atomic E-state index is 8.38. The minimum absolute atomic E-state index is 0.353. The number of hydrogen-bond acceptors (Lipinski definition) is 4. The molecule has 1 aromatic heterocycles. The van der Waals surface area contributed by atoms with Crippen molar-refractivity contribution in [1.29, 1.82) is 5.41 Å². The van der Waals surface area contributed by atoms with Crippen LogP contribution in [0.2, 0.25) is 0 Å². The number of nitrogens with zero attached hydrogens (tertiary/aromatic N) is 2. The highest BCUT2D eigenvalue weighted by Gasteiger charge is 2.35. The molecule has 0 spiro atoms. The molecular weight excluding hydrogens is 308 g/mol. The maximum Gasteiger partial charge on any atom is 0.222 e. The molecule has 2 fully saturated rings. The van der Waals surface area contributed by atoms with Crippen molar-refractivity contribution in [3.63, 3.8) is 0 Å². The Morgan fingerprint density at radius 1 is 1.08 bits per heavy atom. The van der Waals surface area contributed by atoms with E-state index in [-0.39, 0.29) is 0 Å². The molecule has 0 saturated heterocycles. The molecule has 138 valence electrons. The van der Waals surface area contributed by atoms with E-state index >= 15 is 0 Å². The van der Waals surface area contributed by atoms with E-state index in [9.17, 15) is 0 Å². The van der Waals surface area contributed by atoms with Gasteiger partial charge in [-0.1, -0.05) is 39.0 Å². The summed E-state index contributed by atoms with van der Waals surface area (Å²) >= 11 is 0. The molecule has 0 aliphatic heterocycles. The molecular formula is C21H34N4. The summed E-state index contributed by atoms with van der Waals surface area (Å²) in [5, 5.41) is 11.6. The van der Waals surface area contributed by atoms with E-state index in [1.54, 1.807) is 12.4 Å². The molecule has 0 amide bonds. The average Bonchev–Trinajstić information content (AvgIpc) is 2.64. The lowest BCUT2D eigenvalue weighted by Gasteiger charge is -2.41. The molecule has 25 heavy (non-hydrogen) atoms. The van der Waals surface area contributed by atoms with Crippen molar-refractivity contribution in [2.24, 2.45) is 17.3 Å².